The minimum absolute atomic E-state index is 0.346. The first-order chi connectivity index (χ1) is 11.5. The molecule has 0 bridgehead atoms. The van der Waals surface area contributed by atoms with Gasteiger partial charge in [-0.25, -0.2) is 9.88 Å². The normalized spacial score (nSPS) is 14.2. The van der Waals surface area contributed by atoms with Crippen LogP contribution < -0.4 is 4.90 Å². The summed E-state index contributed by atoms with van der Waals surface area (Å²) in [7, 11) is 0. The zero-order valence-electron chi connectivity index (χ0n) is 13.2. The van der Waals surface area contributed by atoms with E-state index in [0.29, 0.717) is 17.1 Å². The number of nitrogens with zero attached hydrogens (tertiary/aromatic N) is 2. The first-order valence-electron chi connectivity index (χ1n) is 7.57. The molecule has 24 heavy (non-hydrogen) atoms. The van der Waals surface area contributed by atoms with Crippen molar-refractivity contribution in [3.8, 4) is 11.5 Å². The number of benzene rings is 2. The average Bonchev–Trinajstić information content (AvgIpc) is 3.11. The van der Waals surface area contributed by atoms with Crippen molar-refractivity contribution in [2.24, 2.45) is 0 Å². The van der Waals surface area contributed by atoms with Gasteiger partial charge in [0.2, 0.25) is 5.89 Å². The van der Waals surface area contributed by atoms with E-state index in [1.165, 1.54) is 12.2 Å². The predicted octanol–water partition coefficient (Wildman–Crippen LogP) is 3.54. The molecule has 2 heterocycles. The molecule has 0 saturated carbocycles. The van der Waals surface area contributed by atoms with Gasteiger partial charge in [-0.3, -0.25) is 9.59 Å². The molecule has 1 aliphatic rings. The van der Waals surface area contributed by atoms with Crippen LogP contribution in [-0.4, -0.2) is 16.8 Å². The lowest BCUT2D eigenvalue weighted by molar-refractivity contribution is -0.119. The predicted molar refractivity (Wildman–Crippen MR) is 90.6 cm³/mol. The maximum Gasteiger partial charge on any atom is 0.258 e. The highest BCUT2D eigenvalue weighted by atomic mass is 16.3. The number of carbonyl (C=O) groups is 2. The Bertz CT molecular complexity index is 1010. The number of imide groups is 1. The van der Waals surface area contributed by atoms with Crippen LogP contribution in [0.3, 0.4) is 0 Å². The van der Waals surface area contributed by atoms with E-state index in [4.69, 9.17) is 4.42 Å². The molecule has 0 radical (unpaired) electrons. The topological polar surface area (TPSA) is 63.4 Å². The lowest BCUT2D eigenvalue weighted by Crippen LogP contribution is -2.29. The average molecular weight is 318 g/mol. The maximum atomic E-state index is 11.8. The minimum Gasteiger partial charge on any atom is -0.436 e. The van der Waals surface area contributed by atoms with Crippen LogP contribution in [0.15, 0.2) is 53.0 Å². The summed E-state index contributed by atoms with van der Waals surface area (Å²) in [5, 5.41) is 0. The Kier molecular flexibility index (Phi) is 3.09. The van der Waals surface area contributed by atoms with Crippen molar-refractivity contribution < 1.29 is 14.0 Å². The van der Waals surface area contributed by atoms with E-state index < -0.39 is 0 Å². The lowest BCUT2D eigenvalue weighted by Gasteiger charge is -2.14. The second kappa shape index (κ2) is 5.16. The molecular formula is C19H14N2O3. The smallest absolute Gasteiger partial charge is 0.258 e. The molecule has 0 fully saturated rings. The van der Waals surface area contributed by atoms with Crippen LogP contribution in [0.1, 0.15) is 11.1 Å². The lowest BCUT2D eigenvalue weighted by atomic mass is 10.1. The highest BCUT2D eigenvalue weighted by Crippen LogP contribution is 2.30. The third-order valence-corrected chi connectivity index (χ3v) is 3.98. The van der Waals surface area contributed by atoms with Crippen LogP contribution in [-0.2, 0) is 9.59 Å². The number of aromatic nitrogens is 1. The van der Waals surface area contributed by atoms with E-state index in [1.807, 2.05) is 32.0 Å². The zero-order valence-corrected chi connectivity index (χ0v) is 13.2. The first kappa shape index (κ1) is 14.4. The van der Waals surface area contributed by atoms with Crippen LogP contribution in [0.5, 0.6) is 0 Å². The number of aryl methyl sites for hydroxylation is 2. The summed E-state index contributed by atoms with van der Waals surface area (Å²) in [6.45, 7) is 3.99. The summed E-state index contributed by atoms with van der Waals surface area (Å²) in [6, 6.07) is 11.1. The van der Waals surface area contributed by atoms with Gasteiger partial charge in [0.05, 0.1) is 5.69 Å². The van der Waals surface area contributed by atoms with Gasteiger partial charge in [0.1, 0.15) is 5.52 Å². The Hall–Kier alpha value is -3.21. The third-order valence-electron chi connectivity index (χ3n) is 3.98. The van der Waals surface area contributed by atoms with Gasteiger partial charge < -0.3 is 4.42 Å². The number of anilines is 1. The standard InChI is InChI=1S/C19H14N2O3/c1-11-8-12(2)18-15(9-11)20-19(24-18)13-4-3-5-14(10-13)21-16(22)6-7-17(21)23/h3-10H,1-2H3. The van der Waals surface area contributed by atoms with Crippen LogP contribution >= 0.6 is 0 Å². The van der Waals surface area contributed by atoms with E-state index in [1.54, 1.807) is 18.2 Å². The van der Waals surface area contributed by atoms with Crippen LogP contribution in [0.25, 0.3) is 22.6 Å². The Morgan fingerprint density at radius 3 is 2.50 bits per heavy atom. The number of fused-ring (bicyclic) bond motifs is 1. The Morgan fingerprint density at radius 2 is 1.75 bits per heavy atom. The Balaban J connectivity index is 1.80. The van der Waals surface area contributed by atoms with Crippen molar-refractivity contribution in [1.82, 2.24) is 4.98 Å². The molecule has 3 aromatic rings. The Labute approximate surface area is 138 Å². The molecule has 2 amide bonds. The van der Waals surface area contributed by atoms with Gasteiger partial charge in [-0.2, -0.15) is 0 Å². The monoisotopic (exact) mass is 318 g/mol. The maximum absolute atomic E-state index is 11.8. The Morgan fingerprint density at radius 1 is 1.00 bits per heavy atom. The largest absolute Gasteiger partial charge is 0.436 e. The molecule has 1 aliphatic heterocycles. The molecule has 118 valence electrons. The van der Waals surface area contributed by atoms with E-state index >= 15 is 0 Å². The molecule has 0 saturated heterocycles. The van der Waals surface area contributed by atoms with Crippen molar-refractivity contribution in [3.63, 3.8) is 0 Å². The van der Waals surface area contributed by atoms with Crippen molar-refractivity contribution in [3.05, 3.63) is 59.7 Å². The van der Waals surface area contributed by atoms with Crippen LogP contribution in [0, 0.1) is 13.8 Å². The van der Waals surface area contributed by atoms with Crippen molar-refractivity contribution >= 4 is 28.6 Å². The van der Waals surface area contributed by atoms with E-state index in [2.05, 4.69) is 4.98 Å². The summed E-state index contributed by atoms with van der Waals surface area (Å²) in [5.41, 5.74) is 4.90. The third kappa shape index (κ3) is 2.22. The SMILES string of the molecule is Cc1cc(C)c2oc(-c3cccc(N4C(=O)C=CC4=O)c3)nc2c1. The zero-order chi connectivity index (χ0) is 16.8. The number of oxazole rings is 1. The highest BCUT2D eigenvalue weighted by Gasteiger charge is 2.25. The summed E-state index contributed by atoms with van der Waals surface area (Å²) in [4.78, 5) is 29.3. The van der Waals surface area contributed by atoms with Crippen LogP contribution in [0.2, 0.25) is 0 Å². The molecule has 5 heteroatoms. The quantitative estimate of drug-likeness (QED) is 0.678. The second-order valence-corrected chi connectivity index (χ2v) is 5.84. The molecule has 5 nitrogen and oxygen atoms in total. The van der Waals surface area contributed by atoms with Gasteiger partial charge in [0.25, 0.3) is 11.8 Å². The molecule has 0 atom stereocenters. The fourth-order valence-electron chi connectivity index (χ4n) is 2.93. The van der Waals surface area contributed by atoms with E-state index in [9.17, 15) is 9.59 Å². The number of carbonyl (C=O) groups excluding carboxylic acids is 2. The fourth-order valence-corrected chi connectivity index (χ4v) is 2.93. The van der Waals surface area contributed by atoms with Crippen molar-refractivity contribution in [2.45, 2.75) is 13.8 Å². The highest BCUT2D eigenvalue weighted by molar-refractivity contribution is 6.28. The second-order valence-electron chi connectivity index (χ2n) is 5.84. The molecule has 2 aromatic carbocycles. The number of hydrogen-bond acceptors (Lipinski definition) is 4. The molecule has 0 spiro atoms. The molecular weight excluding hydrogens is 304 g/mol. The van der Waals surface area contributed by atoms with Crippen LogP contribution in [0.4, 0.5) is 5.69 Å². The first-order valence-corrected chi connectivity index (χ1v) is 7.57. The summed E-state index contributed by atoms with van der Waals surface area (Å²) in [5.74, 6) is -0.227. The number of rotatable bonds is 2. The van der Waals surface area contributed by atoms with Gasteiger partial charge in [-0.15, -0.1) is 0 Å². The van der Waals surface area contributed by atoms with Gasteiger partial charge in [-0.05, 0) is 49.2 Å². The minimum atomic E-state index is -0.346. The van der Waals surface area contributed by atoms with Gasteiger partial charge >= 0.3 is 0 Å². The molecule has 1 aromatic heterocycles. The van der Waals surface area contributed by atoms with Gasteiger partial charge in [0, 0.05) is 17.7 Å². The van der Waals surface area contributed by atoms with Crippen molar-refractivity contribution in [1.29, 1.82) is 0 Å². The molecule has 0 N–H and O–H groups in total. The molecule has 0 unspecified atom stereocenters. The molecule has 0 aliphatic carbocycles. The van der Waals surface area contributed by atoms with E-state index in [0.717, 1.165) is 27.1 Å². The van der Waals surface area contributed by atoms with Gasteiger partial charge in [-0.1, -0.05) is 12.1 Å². The van der Waals surface area contributed by atoms with E-state index in [-0.39, 0.29) is 11.8 Å². The molecule has 4 rings (SSSR count). The summed E-state index contributed by atoms with van der Waals surface area (Å²) in [6.07, 6.45) is 2.53. The summed E-state index contributed by atoms with van der Waals surface area (Å²) >= 11 is 0. The van der Waals surface area contributed by atoms with Crippen molar-refractivity contribution in [2.75, 3.05) is 4.90 Å². The fraction of sp³-hybridized carbons (Fsp3) is 0.105. The summed E-state index contributed by atoms with van der Waals surface area (Å²) < 4.78 is 5.90. The van der Waals surface area contributed by atoms with Gasteiger partial charge in [0.15, 0.2) is 5.58 Å². The number of amides is 2. The number of hydrogen-bond donors (Lipinski definition) is 0.